The lowest BCUT2D eigenvalue weighted by molar-refractivity contribution is -0.123. The van der Waals surface area contributed by atoms with E-state index in [0.717, 1.165) is 18.2 Å². The highest BCUT2D eigenvalue weighted by atomic mass is 19.1. The van der Waals surface area contributed by atoms with Crippen LogP contribution >= 0.6 is 0 Å². The molecule has 7 heteroatoms. The van der Waals surface area contributed by atoms with Crippen LogP contribution in [0.15, 0.2) is 42.5 Å². The molecule has 1 amide bonds. The lowest BCUT2D eigenvalue weighted by Crippen LogP contribution is -2.30. The first-order valence-electron chi connectivity index (χ1n) is 6.59. The van der Waals surface area contributed by atoms with E-state index in [2.05, 4.69) is 5.32 Å². The molecule has 0 aromatic heterocycles. The van der Waals surface area contributed by atoms with Crippen molar-refractivity contribution in [2.45, 2.75) is 13.0 Å². The molecule has 2 aromatic rings. The molecule has 0 aliphatic rings. The van der Waals surface area contributed by atoms with Crippen LogP contribution in [0.25, 0.3) is 0 Å². The molecule has 1 atom stereocenters. The first-order chi connectivity index (χ1) is 10.9. The molecule has 0 unspecified atom stereocenters. The number of ether oxygens (including phenoxy) is 1. The fraction of sp³-hybridized carbons (Fsp3) is 0.125. The second kappa shape index (κ2) is 6.95. The van der Waals surface area contributed by atoms with Crippen molar-refractivity contribution in [2.75, 3.05) is 5.32 Å². The molecule has 2 aromatic carbocycles. The highest BCUT2D eigenvalue weighted by molar-refractivity contribution is 5.97. The number of hydrogen-bond donors (Lipinski definition) is 1. The van der Waals surface area contributed by atoms with Gasteiger partial charge in [-0.3, -0.25) is 4.79 Å². The van der Waals surface area contributed by atoms with Crippen molar-refractivity contribution in [1.82, 2.24) is 0 Å². The summed E-state index contributed by atoms with van der Waals surface area (Å²) in [4.78, 5) is 23.6. The third kappa shape index (κ3) is 4.32. The van der Waals surface area contributed by atoms with Crippen molar-refractivity contribution >= 4 is 17.6 Å². The summed E-state index contributed by atoms with van der Waals surface area (Å²) in [7, 11) is 0. The van der Waals surface area contributed by atoms with Crippen LogP contribution in [0, 0.1) is 17.5 Å². The van der Waals surface area contributed by atoms with Gasteiger partial charge < -0.3 is 10.1 Å². The number of para-hydroxylation sites is 1. The van der Waals surface area contributed by atoms with Gasteiger partial charge >= 0.3 is 5.97 Å². The summed E-state index contributed by atoms with van der Waals surface area (Å²) in [5, 5.41) is 2.25. The number of rotatable bonds is 4. The average Bonchev–Trinajstić information content (AvgIpc) is 2.48. The number of benzene rings is 2. The number of carbonyl (C=O) groups is 2. The lowest BCUT2D eigenvalue weighted by Gasteiger charge is -2.14. The van der Waals surface area contributed by atoms with E-state index in [1.54, 1.807) is 0 Å². The number of anilines is 1. The number of hydrogen-bond acceptors (Lipinski definition) is 3. The molecule has 4 nitrogen and oxygen atoms in total. The Labute approximate surface area is 129 Å². The normalized spacial score (nSPS) is 11.7. The minimum absolute atomic E-state index is 0.0720. The van der Waals surface area contributed by atoms with Gasteiger partial charge in [0, 0.05) is 6.07 Å². The summed E-state index contributed by atoms with van der Waals surface area (Å²) in [5.74, 6) is -4.38. The first kappa shape index (κ1) is 16.5. The molecular weight excluding hydrogens is 311 g/mol. The molecule has 1 N–H and O–H groups in total. The predicted octanol–water partition coefficient (Wildman–Crippen LogP) is 3.29. The summed E-state index contributed by atoms with van der Waals surface area (Å²) < 4.78 is 44.3. The highest BCUT2D eigenvalue weighted by Crippen LogP contribution is 2.14. The Morgan fingerprint density at radius 3 is 2.26 bits per heavy atom. The van der Waals surface area contributed by atoms with Crippen molar-refractivity contribution < 1.29 is 27.5 Å². The largest absolute Gasteiger partial charge is 0.449 e. The topological polar surface area (TPSA) is 55.4 Å². The van der Waals surface area contributed by atoms with E-state index in [4.69, 9.17) is 4.74 Å². The SMILES string of the molecule is C[C@H](OC(=O)c1cc(F)cc(F)c1)C(=O)Nc1ccccc1F. The van der Waals surface area contributed by atoms with Crippen LogP contribution < -0.4 is 5.32 Å². The number of halogens is 3. The molecule has 0 heterocycles. The van der Waals surface area contributed by atoms with E-state index >= 15 is 0 Å². The fourth-order valence-corrected chi connectivity index (χ4v) is 1.75. The summed E-state index contributed by atoms with van der Waals surface area (Å²) in [6.07, 6.45) is -1.28. The predicted molar refractivity (Wildman–Crippen MR) is 76.3 cm³/mol. The maximum Gasteiger partial charge on any atom is 0.339 e. The number of nitrogens with one attached hydrogen (secondary N) is 1. The molecule has 2 rings (SSSR count). The van der Waals surface area contributed by atoms with E-state index in [1.165, 1.54) is 25.1 Å². The molecule has 0 saturated carbocycles. The summed E-state index contributed by atoms with van der Waals surface area (Å²) >= 11 is 0. The summed E-state index contributed by atoms with van der Waals surface area (Å²) in [6, 6.07) is 7.63. The molecule has 0 aliphatic heterocycles. The van der Waals surface area contributed by atoms with Crippen LogP contribution in [-0.4, -0.2) is 18.0 Å². The van der Waals surface area contributed by atoms with Crippen LogP contribution in [-0.2, 0) is 9.53 Å². The minimum atomic E-state index is -1.28. The molecule has 120 valence electrons. The van der Waals surface area contributed by atoms with E-state index < -0.39 is 35.4 Å². The van der Waals surface area contributed by atoms with Crippen molar-refractivity contribution in [3.05, 3.63) is 65.5 Å². The van der Waals surface area contributed by atoms with Crippen molar-refractivity contribution in [3.8, 4) is 0 Å². The first-order valence-corrected chi connectivity index (χ1v) is 6.59. The van der Waals surface area contributed by atoms with E-state index in [-0.39, 0.29) is 11.3 Å². The molecule has 0 bridgehead atoms. The van der Waals surface area contributed by atoms with E-state index in [0.29, 0.717) is 6.07 Å². The molecule has 0 fully saturated rings. The van der Waals surface area contributed by atoms with Gasteiger partial charge in [-0.25, -0.2) is 18.0 Å². The monoisotopic (exact) mass is 323 g/mol. The quantitative estimate of drug-likeness (QED) is 0.879. The van der Waals surface area contributed by atoms with Crippen LogP contribution in [0.5, 0.6) is 0 Å². The van der Waals surface area contributed by atoms with Gasteiger partial charge in [0.05, 0.1) is 11.3 Å². The Balaban J connectivity index is 2.03. The lowest BCUT2D eigenvalue weighted by atomic mass is 10.2. The Bertz CT molecular complexity index is 729. The summed E-state index contributed by atoms with van der Waals surface area (Å²) in [6.45, 7) is 1.25. The highest BCUT2D eigenvalue weighted by Gasteiger charge is 2.20. The van der Waals surface area contributed by atoms with Crippen molar-refractivity contribution in [1.29, 1.82) is 0 Å². The van der Waals surface area contributed by atoms with E-state index in [1.807, 2.05) is 0 Å². The summed E-state index contributed by atoms with van der Waals surface area (Å²) in [5.41, 5.74) is -0.440. The molecule has 0 aliphatic carbocycles. The van der Waals surface area contributed by atoms with Gasteiger partial charge in [-0.1, -0.05) is 12.1 Å². The zero-order valence-electron chi connectivity index (χ0n) is 12.0. The maximum atomic E-state index is 13.4. The van der Waals surface area contributed by atoms with Gasteiger partial charge in [-0.15, -0.1) is 0 Å². The van der Waals surface area contributed by atoms with Gasteiger partial charge in [0.1, 0.15) is 17.5 Å². The molecule has 0 radical (unpaired) electrons. The number of carbonyl (C=O) groups excluding carboxylic acids is 2. The Hall–Kier alpha value is -2.83. The number of esters is 1. The molecule has 0 saturated heterocycles. The van der Waals surface area contributed by atoms with Gasteiger partial charge in [0.2, 0.25) is 0 Å². The number of amides is 1. The zero-order valence-corrected chi connectivity index (χ0v) is 12.0. The second-order valence-electron chi connectivity index (χ2n) is 4.67. The standard InChI is InChI=1S/C16H12F3NO3/c1-9(15(21)20-14-5-3-2-4-13(14)19)23-16(22)10-6-11(17)8-12(18)7-10/h2-9H,1H3,(H,20,21)/t9-/m0/s1. The minimum Gasteiger partial charge on any atom is -0.449 e. The van der Waals surface area contributed by atoms with Crippen LogP contribution in [0.2, 0.25) is 0 Å². The molecule has 0 spiro atoms. The molecule has 23 heavy (non-hydrogen) atoms. The smallest absolute Gasteiger partial charge is 0.339 e. The van der Waals surface area contributed by atoms with Crippen molar-refractivity contribution in [2.24, 2.45) is 0 Å². The molecular formula is C16H12F3NO3. The van der Waals surface area contributed by atoms with Crippen LogP contribution in [0.3, 0.4) is 0 Å². The van der Waals surface area contributed by atoms with Gasteiger partial charge in [0.25, 0.3) is 5.91 Å². The Morgan fingerprint density at radius 2 is 1.65 bits per heavy atom. The van der Waals surface area contributed by atoms with Crippen LogP contribution in [0.4, 0.5) is 18.9 Å². The van der Waals surface area contributed by atoms with Crippen LogP contribution in [0.1, 0.15) is 17.3 Å². The fourth-order valence-electron chi connectivity index (χ4n) is 1.75. The second-order valence-corrected chi connectivity index (χ2v) is 4.67. The zero-order chi connectivity index (χ0) is 17.0. The van der Waals surface area contributed by atoms with E-state index in [9.17, 15) is 22.8 Å². The van der Waals surface area contributed by atoms with Gasteiger partial charge in [-0.2, -0.15) is 0 Å². The van der Waals surface area contributed by atoms with Gasteiger partial charge in [0.15, 0.2) is 6.10 Å². The van der Waals surface area contributed by atoms with Crippen molar-refractivity contribution in [3.63, 3.8) is 0 Å². The third-order valence-corrected chi connectivity index (χ3v) is 2.88. The average molecular weight is 323 g/mol. The Morgan fingerprint density at radius 1 is 1.04 bits per heavy atom. The maximum absolute atomic E-state index is 13.4. The Kier molecular flexibility index (Phi) is 5.00. The third-order valence-electron chi connectivity index (χ3n) is 2.88. The van der Waals surface area contributed by atoms with Gasteiger partial charge in [-0.05, 0) is 31.2 Å².